The normalized spacial score (nSPS) is 12.3. The predicted octanol–water partition coefficient (Wildman–Crippen LogP) is 2.58. The molecule has 0 radical (unpaired) electrons. The number of hydrogen-bond donors (Lipinski definition) is 0. The van der Waals surface area contributed by atoms with Gasteiger partial charge in [0.25, 0.3) is 0 Å². The monoisotopic (exact) mass is 255 g/mol. The molecule has 0 aliphatic rings. The van der Waals surface area contributed by atoms with E-state index in [9.17, 15) is 26.3 Å². The molecule has 0 aliphatic carbocycles. The minimum Gasteiger partial charge on any atom is -0.240 e. The Morgan fingerprint density at radius 1 is 1.06 bits per heavy atom. The van der Waals surface area contributed by atoms with Crippen molar-refractivity contribution < 1.29 is 26.3 Å². The molecule has 1 aromatic rings. The molecular weight excluding hydrogens is 252 g/mol. The summed E-state index contributed by atoms with van der Waals surface area (Å²) >= 11 is 0. The van der Waals surface area contributed by atoms with Crippen molar-refractivity contribution in [2.45, 2.75) is 18.8 Å². The molecule has 0 atom stereocenters. The Labute approximate surface area is 90.7 Å². The summed E-state index contributed by atoms with van der Waals surface area (Å²) in [6.07, 6.45) is -11.0. The van der Waals surface area contributed by atoms with Crippen LogP contribution < -0.4 is 0 Å². The number of hydrogen-bond acceptors (Lipinski definition) is 3. The number of aromatic nitrogens is 2. The van der Waals surface area contributed by atoms with Gasteiger partial charge in [0.2, 0.25) is 0 Å². The van der Waals surface area contributed by atoms with E-state index in [1.165, 1.54) is 6.07 Å². The molecule has 17 heavy (non-hydrogen) atoms. The van der Waals surface area contributed by atoms with E-state index in [-0.39, 0.29) is 0 Å². The molecule has 0 saturated carbocycles. The van der Waals surface area contributed by atoms with Crippen LogP contribution in [-0.2, 0) is 18.8 Å². The van der Waals surface area contributed by atoms with Crippen molar-refractivity contribution in [3.8, 4) is 6.07 Å². The minimum absolute atomic E-state index is 0.352. The third kappa shape index (κ3) is 2.83. The maximum absolute atomic E-state index is 12.5. The van der Waals surface area contributed by atoms with Gasteiger partial charge in [-0.05, 0) is 0 Å². The summed E-state index contributed by atoms with van der Waals surface area (Å²) in [6, 6.07) is 1.32. The maximum atomic E-state index is 12.5. The molecule has 92 valence electrons. The summed E-state index contributed by atoms with van der Waals surface area (Å²) in [5.41, 5.74) is -5.07. The number of alkyl halides is 6. The zero-order valence-electron chi connectivity index (χ0n) is 7.89. The van der Waals surface area contributed by atoms with Crippen molar-refractivity contribution >= 4 is 0 Å². The fourth-order valence-electron chi connectivity index (χ4n) is 1.14. The predicted molar refractivity (Wildman–Crippen MR) is 41.4 cm³/mol. The van der Waals surface area contributed by atoms with Crippen LogP contribution >= 0.6 is 0 Å². The first kappa shape index (κ1) is 13.2. The van der Waals surface area contributed by atoms with Gasteiger partial charge in [-0.1, -0.05) is 0 Å². The molecule has 0 aromatic carbocycles. The summed E-state index contributed by atoms with van der Waals surface area (Å²) < 4.78 is 74.4. The number of nitriles is 1. The van der Waals surface area contributed by atoms with Gasteiger partial charge in [-0.3, -0.25) is 0 Å². The first-order chi connectivity index (χ1) is 7.68. The third-order valence-electron chi connectivity index (χ3n) is 1.72. The first-order valence-corrected chi connectivity index (χ1v) is 4.03. The Balaban J connectivity index is 3.53. The summed E-state index contributed by atoms with van der Waals surface area (Å²) in [5.74, 6) is 0. The molecule has 0 saturated heterocycles. The standard InChI is InChI=1S/C8H3F6N3/c9-7(10,11)5-4(1-2-15)16-3-17-6(5)8(12,13)14/h3H,1H2. The van der Waals surface area contributed by atoms with Crippen molar-refractivity contribution in [1.29, 1.82) is 5.26 Å². The van der Waals surface area contributed by atoms with E-state index < -0.39 is 35.7 Å². The zero-order chi connectivity index (χ0) is 13.3. The average Bonchev–Trinajstić information content (AvgIpc) is 2.14. The highest BCUT2D eigenvalue weighted by Gasteiger charge is 2.46. The van der Waals surface area contributed by atoms with E-state index in [1.807, 2.05) is 0 Å². The SMILES string of the molecule is N#CCc1ncnc(C(F)(F)F)c1C(F)(F)F. The van der Waals surface area contributed by atoms with Crippen LogP contribution in [0.4, 0.5) is 26.3 Å². The second kappa shape index (κ2) is 4.20. The Morgan fingerprint density at radius 2 is 1.65 bits per heavy atom. The van der Waals surface area contributed by atoms with Gasteiger partial charge in [0.05, 0.1) is 18.2 Å². The second-order valence-corrected chi connectivity index (χ2v) is 2.87. The van der Waals surface area contributed by atoms with E-state index in [2.05, 4.69) is 9.97 Å². The molecule has 0 spiro atoms. The highest BCUT2D eigenvalue weighted by atomic mass is 19.4. The molecule has 1 heterocycles. The van der Waals surface area contributed by atoms with Gasteiger partial charge >= 0.3 is 12.4 Å². The molecule has 0 amide bonds. The van der Waals surface area contributed by atoms with Gasteiger partial charge < -0.3 is 0 Å². The van der Waals surface area contributed by atoms with Gasteiger partial charge in [-0.2, -0.15) is 31.6 Å². The molecule has 0 bridgehead atoms. The van der Waals surface area contributed by atoms with Crippen LogP contribution in [0.1, 0.15) is 17.0 Å². The van der Waals surface area contributed by atoms with Crippen molar-refractivity contribution in [2.24, 2.45) is 0 Å². The Bertz CT molecular complexity index is 456. The summed E-state index contributed by atoms with van der Waals surface area (Å²) in [7, 11) is 0. The van der Waals surface area contributed by atoms with Gasteiger partial charge in [0.15, 0.2) is 5.69 Å². The van der Waals surface area contributed by atoms with E-state index in [0.29, 0.717) is 6.33 Å². The lowest BCUT2D eigenvalue weighted by molar-refractivity contribution is -0.165. The average molecular weight is 255 g/mol. The molecule has 0 N–H and O–H groups in total. The van der Waals surface area contributed by atoms with Gasteiger partial charge in [-0.15, -0.1) is 0 Å². The van der Waals surface area contributed by atoms with Crippen LogP contribution in [0.2, 0.25) is 0 Å². The lowest BCUT2D eigenvalue weighted by Gasteiger charge is -2.15. The van der Waals surface area contributed by atoms with Crippen LogP contribution in [0.25, 0.3) is 0 Å². The molecule has 3 nitrogen and oxygen atoms in total. The van der Waals surface area contributed by atoms with E-state index in [1.54, 1.807) is 0 Å². The van der Waals surface area contributed by atoms with Crippen LogP contribution in [0.5, 0.6) is 0 Å². The molecule has 0 unspecified atom stereocenters. The van der Waals surface area contributed by atoms with Crippen molar-refractivity contribution in [3.63, 3.8) is 0 Å². The second-order valence-electron chi connectivity index (χ2n) is 2.87. The van der Waals surface area contributed by atoms with Gasteiger partial charge in [0, 0.05) is 0 Å². The smallest absolute Gasteiger partial charge is 0.240 e. The number of rotatable bonds is 1. The minimum atomic E-state index is -5.27. The Morgan fingerprint density at radius 3 is 2.06 bits per heavy atom. The fourth-order valence-corrected chi connectivity index (χ4v) is 1.14. The van der Waals surface area contributed by atoms with E-state index in [4.69, 9.17) is 5.26 Å². The Hall–Kier alpha value is -1.85. The highest BCUT2D eigenvalue weighted by Crippen LogP contribution is 2.40. The van der Waals surface area contributed by atoms with E-state index in [0.717, 1.165) is 0 Å². The number of nitrogens with zero attached hydrogens (tertiary/aromatic N) is 3. The van der Waals surface area contributed by atoms with E-state index >= 15 is 0 Å². The molecule has 1 rings (SSSR count). The summed E-state index contributed by atoms with van der Waals surface area (Å²) in [6.45, 7) is 0. The van der Waals surface area contributed by atoms with Gasteiger partial charge in [0.1, 0.15) is 11.9 Å². The lowest BCUT2D eigenvalue weighted by atomic mass is 10.1. The molecule has 1 aromatic heterocycles. The van der Waals surface area contributed by atoms with Crippen molar-refractivity contribution in [3.05, 3.63) is 23.3 Å². The van der Waals surface area contributed by atoms with Crippen LogP contribution in [0.3, 0.4) is 0 Å². The quantitative estimate of drug-likeness (QED) is 0.724. The number of halogens is 6. The molecule has 0 fully saturated rings. The molecule has 0 aliphatic heterocycles. The maximum Gasteiger partial charge on any atom is 0.434 e. The largest absolute Gasteiger partial charge is 0.434 e. The van der Waals surface area contributed by atoms with Crippen molar-refractivity contribution in [2.75, 3.05) is 0 Å². The summed E-state index contributed by atoms with van der Waals surface area (Å²) in [4.78, 5) is 5.65. The van der Waals surface area contributed by atoms with Crippen LogP contribution in [0, 0.1) is 11.3 Å². The van der Waals surface area contributed by atoms with Crippen molar-refractivity contribution in [1.82, 2.24) is 9.97 Å². The third-order valence-corrected chi connectivity index (χ3v) is 1.72. The highest BCUT2D eigenvalue weighted by molar-refractivity contribution is 5.31. The first-order valence-electron chi connectivity index (χ1n) is 4.03. The molecular formula is C8H3F6N3. The zero-order valence-corrected chi connectivity index (χ0v) is 7.89. The van der Waals surface area contributed by atoms with Crippen LogP contribution in [0.15, 0.2) is 6.33 Å². The van der Waals surface area contributed by atoms with Gasteiger partial charge in [-0.25, -0.2) is 9.97 Å². The fraction of sp³-hybridized carbons (Fsp3) is 0.375. The topological polar surface area (TPSA) is 49.6 Å². The van der Waals surface area contributed by atoms with Crippen LogP contribution in [-0.4, -0.2) is 9.97 Å². The lowest BCUT2D eigenvalue weighted by Crippen LogP contribution is -2.21. The summed E-state index contributed by atoms with van der Waals surface area (Å²) in [5, 5.41) is 8.24. The Kier molecular flexibility index (Phi) is 3.26. The molecule has 9 heteroatoms.